The van der Waals surface area contributed by atoms with E-state index in [1.54, 1.807) is 12.1 Å². The van der Waals surface area contributed by atoms with Gasteiger partial charge >= 0.3 is 0 Å². The number of nitrogens with one attached hydrogen (secondary N) is 1. The summed E-state index contributed by atoms with van der Waals surface area (Å²) in [6.45, 7) is 2.15. The Kier molecular flexibility index (Phi) is 2.95. The summed E-state index contributed by atoms with van der Waals surface area (Å²) < 4.78 is 0. The van der Waals surface area contributed by atoms with Gasteiger partial charge in [0.25, 0.3) is 0 Å². The zero-order chi connectivity index (χ0) is 13.2. The molecule has 2 N–H and O–H groups in total. The van der Waals surface area contributed by atoms with Crippen molar-refractivity contribution in [1.29, 1.82) is 0 Å². The van der Waals surface area contributed by atoms with Crippen LogP contribution in [0.25, 0.3) is 11.0 Å². The molecule has 0 aliphatic rings. The van der Waals surface area contributed by atoms with Gasteiger partial charge in [0.05, 0.1) is 11.0 Å². The fourth-order valence-corrected chi connectivity index (χ4v) is 2.22. The Morgan fingerprint density at radius 2 is 1.79 bits per heavy atom. The highest BCUT2D eigenvalue weighted by Crippen LogP contribution is 2.17. The molecule has 1 heterocycles. The first-order valence-corrected chi connectivity index (χ1v) is 6.50. The molecular formula is C16H16N2O. The van der Waals surface area contributed by atoms with Crippen molar-refractivity contribution in [3.05, 3.63) is 59.4 Å². The van der Waals surface area contributed by atoms with Crippen molar-refractivity contribution in [2.45, 2.75) is 19.8 Å². The number of aromatic amines is 1. The predicted molar refractivity (Wildman–Crippen MR) is 76.4 cm³/mol. The summed E-state index contributed by atoms with van der Waals surface area (Å²) in [7, 11) is 0. The maximum atomic E-state index is 9.27. The molecule has 0 unspecified atom stereocenters. The summed E-state index contributed by atoms with van der Waals surface area (Å²) in [6, 6.07) is 13.6. The van der Waals surface area contributed by atoms with Crippen LogP contribution in [0.2, 0.25) is 0 Å². The zero-order valence-corrected chi connectivity index (χ0v) is 10.9. The first-order chi connectivity index (χ1) is 9.24. The number of aromatic hydroxyl groups is 1. The van der Waals surface area contributed by atoms with E-state index in [1.807, 2.05) is 12.1 Å². The minimum absolute atomic E-state index is 0.293. The second kappa shape index (κ2) is 4.76. The molecule has 0 radical (unpaired) electrons. The molecule has 0 fully saturated rings. The molecule has 0 saturated heterocycles. The Balaban J connectivity index is 1.90. The molecule has 3 rings (SSSR count). The van der Waals surface area contributed by atoms with E-state index in [-0.39, 0.29) is 0 Å². The highest BCUT2D eigenvalue weighted by molar-refractivity contribution is 5.75. The van der Waals surface area contributed by atoms with Crippen LogP contribution in [0.1, 0.15) is 23.9 Å². The van der Waals surface area contributed by atoms with Crippen LogP contribution < -0.4 is 0 Å². The van der Waals surface area contributed by atoms with Crippen LogP contribution in [0, 0.1) is 0 Å². The highest BCUT2D eigenvalue weighted by atomic mass is 16.3. The smallest absolute Gasteiger partial charge is 0.115 e. The Morgan fingerprint density at radius 1 is 1.05 bits per heavy atom. The van der Waals surface area contributed by atoms with Crippen LogP contribution in [0.3, 0.4) is 0 Å². The maximum Gasteiger partial charge on any atom is 0.115 e. The molecule has 3 nitrogen and oxygen atoms in total. The Labute approximate surface area is 111 Å². The van der Waals surface area contributed by atoms with E-state index in [1.165, 1.54) is 5.56 Å². The summed E-state index contributed by atoms with van der Waals surface area (Å²) in [5.74, 6) is 1.25. The summed E-state index contributed by atoms with van der Waals surface area (Å²) in [4.78, 5) is 7.95. The van der Waals surface area contributed by atoms with Crippen LogP contribution in [0.15, 0.2) is 42.5 Å². The highest BCUT2D eigenvalue weighted by Gasteiger charge is 2.04. The Bertz CT molecular complexity index is 698. The summed E-state index contributed by atoms with van der Waals surface area (Å²) in [5.41, 5.74) is 4.54. The molecule has 2 aromatic carbocycles. The van der Waals surface area contributed by atoms with E-state index in [4.69, 9.17) is 0 Å². The molecular weight excluding hydrogens is 236 g/mol. The van der Waals surface area contributed by atoms with E-state index in [9.17, 15) is 5.11 Å². The average Bonchev–Trinajstić information content (AvgIpc) is 2.82. The molecule has 0 spiro atoms. The number of hydrogen-bond donors (Lipinski definition) is 2. The third kappa shape index (κ3) is 2.45. The molecule has 0 amide bonds. The molecule has 0 aliphatic carbocycles. The number of rotatable bonds is 3. The van der Waals surface area contributed by atoms with Crippen LogP contribution in [0.4, 0.5) is 0 Å². The van der Waals surface area contributed by atoms with E-state index in [0.717, 1.165) is 35.3 Å². The molecule has 19 heavy (non-hydrogen) atoms. The van der Waals surface area contributed by atoms with Crippen molar-refractivity contribution in [2.24, 2.45) is 0 Å². The van der Waals surface area contributed by atoms with Gasteiger partial charge in [-0.3, -0.25) is 0 Å². The van der Waals surface area contributed by atoms with Gasteiger partial charge in [0.15, 0.2) is 0 Å². The fraction of sp³-hybridized carbons (Fsp3) is 0.188. The number of phenolic OH excluding ortho intramolecular Hbond substituents is 1. The summed E-state index contributed by atoms with van der Waals surface area (Å²) in [6.07, 6.45) is 1.78. The van der Waals surface area contributed by atoms with Crippen molar-refractivity contribution in [1.82, 2.24) is 9.97 Å². The monoisotopic (exact) mass is 252 g/mol. The molecule has 0 saturated carbocycles. The SMILES string of the molecule is CCc1ccc2nc(Cc3ccc(O)cc3)[nH]c2c1. The largest absolute Gasteiger partial charge is 0.508 e. The number of aryl methyl sites for hydroxylation is 1. The third-order valence-corrected chi connectivity index (χ3v) is 3.31. The van der Waals surface area contributed by atoms with Gasteiger partial charge in [0.2, 0.25) is 0 Å². The average molecular weight is 252 g/mol. The third-order valence-electron chi connectivity index (χ3n) is 3.31. The molecule has 0 aliphatic heterocycles. The van der Waals surface area contributed by atoms with Gasteiger partial charge < -0.3 is 10.1 Å². The normalized spacial score (nSPS) is 11.0. The number of benzene rings is 2. The molecule has 0 atom stereocenters. The second-order valence-electron chi connectivity index (χ2n) is 4.73. The van der Waals surface area contributed by atoms with Crippen molar-refractivity contribution < 1.29 is 5.11 Å². The number of nitrogens with zero attached hydrogens (tertiary/aromatic N) is 1. The molecule has 96 valence electrons. The van der Waals surface area contributed by atoms with Crippen LogP contribution >= 0.6 is 0 Å². The van der Waals surface area contributed by atoms with E-state index in [0.29, 0.717) is 5.75 Å². The predicted octanol–water partition coefficient (Wildman–Crippen LogP) is 3.42. The number of aromatic nitrogens is 2. The lowest BCUT2D eigenvalue weighted by molar-refractivity contribution is 0.475. The van der Waals surface area contributed by atoms with E-state index >= 15 is 0 Å². The molecule has 3 heteroatoms. The van der Waals surface area contributed by atoms with Gasteiger partial charge in [0, 0.05) is 6.42 Å². The van der Waals surface area contributed by atoms with Crippen molar-refractivity contribution >= 4 is 11.0 Å². The summed E-state index contributed by atoms with van der Waals surface area (Å²) in [5, 5.41) is 9.27. The van der Waals surface area contributed by atoms with Crippen LogP contribution in [-0.2, 0) is 12.8 Å². The van der Waals surface area contributed by atoms with Gasteiger partial charge in [0.1, 0.15) is 11.6 Å². The number of hydrogen-bond acceptors (Lipinski definition) is 2. The lowest BCUT2D eigenvalue weighted by Gasteiger charge is -1.98. The lowest BCUT2D eigenvalue weighted by Crippen LogP contribution is -1.89. The zero-order valence-electron chi connectivity index (χ0n) is 10.9. The second-order valence-corrected chi connectivity index (χ2v) is 4.73. The maximum absolute atomic E-state index is 9.27. The quantitative estimate of drug-likeness (QED) is 0.750. The molecule has 3 aromatic rings. The minimum atomic E-state index is 0.293. The van der Waals surface area contributed by atoms with Crippen molar-refractivity contribution in [3.63, 3.8) is 0 Å². The Hall–Kier alpha value is -2.29. The van der Waals surface area contributed by atoms with Gasteiger partial charge in [-0.05, 0) is 41.8 Å². The Morgan fingerprint density at radius 3 is 2.53 bits per heavy atom. The number of imidazole rings is 1. The number of phenols is 1. The standard InChI is InChI=1S/C16H16N2O/c1-2-11-5-8-14-15(9-11)18-16(17-14)10-12-3-6-13(19)7-4-12/h3-9,19H,2,10H2,1H3,(H,17,18). The summed E-state index contributed by atoms with van der Waals surface area (Å²) >= 11 is 0. The first kappa shape index (κ1) is 11.8. The topological polar surface area (TPSA) is 48.9 Å². The number of H-pyrrole nitrogens is 1. The van der Waals surface area contributed by atoms with Gasteiger partial charge in [-0.15, -0.1) is 0 Å². The molecule has 1 aromatic heterocycles. The van der Waals surface area contributed by atoms with E-state index < -0.39 is 0 Å². The van der Waals surface area contributed by atoms with E-state index in [2.05, 4.69) is 35.1 Å². The van der Waals surface area contributed by atoms with Gasteiger partial charge in [-0.1, -0.05) is 25.1 Å². The lowest BCUT2D eigenvalue weighted by atomic mass is 10.1. The van der Waals surface area contributed by atoms with Crippen LogP contribution in [0.5, 0.6) is 5.75 Å². The molecule has 0 bridgehead atoms. The van der Waals surface area contributed by atoms with Crippen molar-refractivity contribution in [3.8, 4) is 5.75 Å². The van der Waals surface area contributed by atoms with Gasteiger partial charge in [-0.25, -0.2) is 4.98 Å². The fourth-order valence-electron chi connectivity index (χ4n) is 2.22. The minimum Gasteiger partial charge on any atom is -0.508 e. The number of fused-ring (bicyclic) bond motifs is 1. The first-order valence-electron chi connectivity index (χ1n) is 6.50. The van der Waals surface area contributed by atoms with Gasteiger partial charge in [-0.2, -0.15) is 0 Å². The van der Waals surface area contributed by atoms with Crippen molar-refractivity contribution in [2.75, 3.05) is 0 Å². The van der Waals surface area contributed by atoms with Crippen LogP contribution in [-0.4, -0.2) is 15.1 Å².